The van der Waals surface area contributed by atoms with Crippen LogP contribution in [-0.2, 0) is 11.4 Å². The van der Waals surface area contributed by atoms with Crippen LogP contribution in [0.4, 0.5) is 0 Å². The van der Waals surface area contributed by atoms with Gasteiger partial charge in [-0.05, 0) is 13.8 Å². The molecule has 0 aliphatic carbocycles. The Morgan fingerprint density at radius 2 is 1.31 bits per heavy atom. The molecule has 5 heteroatoms. The van der Waals surface area contributed by atoms with E-state index in [1.807, 2.05) is 0 Å². The quantitative estimate of drug-likeness (QED) is 0.635. The molecule has 76 valence electrons. The van der Waals surface area contributed by atoms with Crippen LogP contribution in [0.5, 0.6) is 0 Å². The Hall–Kier alpha value is -0.750. The Bertz CT molecular complexity index is 220. The molecule has 0 amide bonds. The zero-order valence-corrected chi connectivity index (χ0v) is 8.30. The summed E-state index contributed by atoms with van der Waals surface area (Å²) >= 11 is -2.86. The predicted octanol–water partition coefficient (Wildman–Crippen LogP) is 0.817. The Morgan fingerprint density at radius 1 is 1.15 bits per heavy atom. The van der Waals surface area contributed by atoms with E-state index in [4.69, 9.17) is 13.3 Å². The molecule has 0 aromatic heterocycles. The summed E-state index contributed by atoms with van der Waals surface area (Å²) in [5.74, 6) is 0. The molecule has 1 unspecified atom stereocenters. The molecule has 1 atom stereocenters. The largest absolute Gasteiger partial charge is 0.750 e. The summed E-state index contributed by atoms with van der Waals surface area (Å²) in [4.78, 5) is 0. The maximum atomic E-state index is 8.56. The van der Waals surface area contributed by atoms with Crippen LogP contribution < -0.4 is 0 Å². The van der Waals surface area contributed by atoms with Crippen molar-refractivity contribution in [3.8, 4) is 0 Å². The Labute approximate surface area is 80.0 Å². The first-order chi connectivity index (χ1) is 5.52. The van der Waals surface area contributed by atoms with Crippen molar-refractivity contribution in [3.63, 3.8) is 0 Å². The lowest BCUT2D eigenvalue weighted by Crippen LogP contribution is -1.75. The minimum absolute atomic E-state index is 0. The lowest BCUT2D eigenvalue weighted by Gasteiger charge is -1.90. The summed E-state index contributed by atoms with van der Waals surface area (Å²) in [5, 5.41) is 0. The number of rotatable bonds is 0. The normalized spacial score (nSPS) is 10.5. The minimum atomic E-state index is -2.86. The molecule has 0 radical (unpaired) electrons. The molecule has 0 aliphatic heterocycles. The summed E-state index contributed by atoms with van der Waals surface area (Å²) in [6.07, 6.45) is 0. The lowest BCUT2D eigenvalue weighted by atomic mass is 10.2. The standard InChI is InChI=1S/C8H10.H2O3S.H2O/c1-7-3-5-8(2)6-4-7;1-4(2)3;/h3-6H,1-2H3;(H2,1,2,3);1H2/p-1. The van der Waals surface area contributed by atoms with Gasteiger partial charge >= 0.3 is 0 Å². The molecule has 0 spiro atoms. The molecule has 13 heavy (non-hydrogen) atoms. The molecule has 0 heterocycles. The summed E-state index contributed by atoms with van der Waals surface area (Å²) < 4.78 is 24.1. The molecular weight excluding hydrogens is 192 g/mol. The monoisotopic (exact) mass is 205 g/mol. The highest BCUT2D eigenvalue weighted by molar-refractivity contribution is 7.73. The van der Waals surface area contributed by atoms with Crippen molar-refractivity contribution in [1.29, 1.82) is 0 Å². The molecule has 0 bridgehead atoms. The van der Waals surface area contributed by atoms with E-state index in [2.05, 4.69) is 38.1 Å². The molecule has 1 aromatic carbocycles. The van der Waals surface area contributed by atoms with Crippen LogP contribution >= 0.6 is 0 Å². The van der Waals surface area contributed by atoms with E-state index in [1.165, 1.54) is 11.1 Å². The SMILES string of the molecule is Cc1ccc(C)cc1.O.O=S([O-])O. The third kappa shape index (κ3) is 11.2. The first kappa shape index (κ1) is 14.8. The summed E-state index contributed by atoms with van der Waals surface area (Å²) in [6, 6.07) is 8.48. The van der Waals surface area contributed by atoms with Crippen LogP contribution in [0.1, 0.15) is 11.1 Å². The van der Waals surface area contributed by atoms with Gasteiger partial charge in [0.2, 0.25) is 0 Å². The molecule has 0 fully saturated rings. The van der Waals surface area contributed by atoms with Gasteiger partial charge < -0.3 is 14.6 Å². The molecular formula is C8H13O4S-. The van der Waals surface area contributed by atoms with E-state index < -0.39 is 11.4 Å². The maximum Gasteiger partial charge on any atom is 0.0814 e. The first-order valence-electron chi connectivity index (χ1n) is 3.34. The number of hydrogen-bond donors (Lipinski definition) is 1. The summed E-state index contributed by atoms with van der Waals surface area (Å²) in [6.45, 7) is 4.19. The van der Waals surface area contributed by atoms with Crippen molar-refractivity contribution >= 4 is 11.4 Å². The highest BCUT2D eigenvalue weighted by Gasteiger charge is 1.79. The van der Waals surface area contributed by atoms with Gasteiger partial charge in [-0.3, -0.25) is 0 Å². The Balaban J connectivity index is 0. The topological polar surface area (TPSA) is 91.9 Å². The molecule has 0 aliphatic rings. The maximum absolute atomic E-state index is 8.56. The summed E-state index contributed by atoms with van der Waals surface area (Å²) in [5.41, 5.74) is 2.66. The van der Waals surface area contributed by atoms with Gasteiger partial charge in [0.1, 0.15) is 0 Å². The number of benzene rings is 1. The van der Waals surface area contributed by atoms with Crippen LogP contribution in [0, 0.1) is 13.8 Å². The van der Waals surface area contributed by atoms with E-state index in [0.29, 0.717) is 0 Å². The van der Waals surface area contributed by atoms with E-state index in [-0.39, 0.29) is 5.48 Å². The second-order valence-electron chi connectivity index (χ2n) is 2.37. The van der Waals surface area contributed by atoms with Gasteiger partial charge in [0.15, 0.2) is 0 Å². The van der Waals surface area contributed by atoms with Crippen LogP contribution in [-0.4, -0.2) is 18.8 Å². The van der Waals surface area contributed by atoms with Crippen molar-refractivity contribution in [2.24, 2.45) is 0 Å². The third-order valence-corrected chi connectivity index (χ3v) is 1.22. The van der Waals surface area contributed by atoms with Crippen LogP contribution in [0.25, 0.3) is 0 Å². The zero-order chi connectivity index (χ0) is 9.56. The molecule has 1 aromatic rings. The van der Waals surface area contributed by atoms with Crippen molar-refractivity contribution < 1.29 is 18.8 Å². The number of aryl methyl sites for hydroxylation is 2. The lowest BCUT2D eigenvalue weighted by molar-refractivity contribution is 0.436. The molecule has 3 N–H and O–H groups in total. The average molecular weight is 205 g/mol. The smallest absolute Gasteiger partial charge is 0.0814 e. The van der Waals surface area contributed by atoms with Crippen LogP contribution in [0.3, 0.4) is 0 Å². The summed E-state index contributed by atoms with van der Waals surface area (Å²) in [7, 11) is 0. The fourth-order valence-electron chi connectivity index (χ4n) is 0.637. The Kier molecular flexibility index (Phi) is 8.94. The van der Waals surface area contributed by atoms with E-state index in [1.54, 1.807) is 0 Å². The predicted molar refractivity (Wildman–Crippen MR) is 51.1 cm³/mol. The second kappa shape index (κ2) is 7.88. The third-order valence-electron chi connectivity index (χ3n) is 1.22. The van der Waals surface area contributed by atoms with Gasteiger partial charge in [-0.1, -0.05) is 35.4 Å². The fraction of sp³-hybridized carbons (Fsp3) is 0.250. The fourth-order valence-corrected chi connectivity index (χ4v) is 0.637. The van der Waals surface area contributed by atoms with Gasteiger partial charge in [-0.25, -0.2) is 4.21 Å². The van der Waals surface area contributed by atoms with Gasteiger partial charge in [0, 0.05) is 0 Å². The molecule has 1 rings (SSSR count). The average Bonchev–Trinajstić information content (AvgIpc) is 1.94. The van der Waals surface area contributed by atoms with Gasteiger partial charge in [-0.15, -0.1) is 0 Å². The van der Waals surface area contributed by atoms with Crippen molar-refractivity contribution in [2.75, 3.05) is 0 Å². The Morgan fingerprint density at radius 3 is 1.46 bits per heavy atom. The minimum Gasteiger partial charge on any atom is -0.750 e. The first-order valence-corrected chi connectivity index (χ1v) is 4.37. The second-order valence-corrected chi connectivity index (χ2v) is 2.81. The van der Waals surface area contributed by atoms with Gasteiger partial charge in [0.05, 0.1) is 11.4 Å². The van der Waals surface area contributed by atoms with Gasteiger partial charge in [0.25, 0.3) is 0 Å². The van der Waals surface area contributed by atoms with E-state index >= 15 is 0 Å². The van der Waals surface area contributed by atoms with Crippen molar-refractivity contribution in [1.82, 2.24) is 0 Å². The molecule has 4 nitrogen and oxygen atoms in total. The van der Waals surface area contributed by atoms with Gasteiger partial charge in [-0.2, -0.15) is 0 Å². The van der Waals surface area contributed by atoms with Crippen molar-refractivity contribution in [2.45, 2.75) is 13.8 Å². The van der Waals surface area contributed by atoms with Crippen LogP contribution in [0.15, 0.2) is 24.3 Å². The highest BCUT2D eigenvalue weighted by atomic mass is 32.2. The van der Waals surface area contributed by atoms with E-state index in [9.17, 15) is 0 Å². The number of hydrogen-bond acceptors (Lipinski definition) is 2. The zero-order valence-electron chi connectivity index (χ0n) is 7.48. The van der Waals surface area contributed by atoms with E-state index in [0.717, 1.165) is 0 Å². The highest BCUT2D eigenvalue weighted by Crippen LogP contribution is 1.99. The van der Waals surface area contributed by atoms with Crippen molar-refractivity contribution in [3.05, 3.63) is 35.4 Å². The molecule has 0 saturated carbocycles. The molecule has 0 saturated heterocycles. The van der Waals surface area contributed by atoms with Crippen LogP contribution in [0.2, 0.25) is 0 Å².